The van der Waals surface area contributed by atoms with E-state index in [0.29, 0.717) is 29.5 Å². The third-order valence-corrected chi connectivity index (χ3v) is 2.78. The monoisotopic (exact) mass is 287 g/mol. The second-order valence-electron chi connectivity index (χ2n) is 5.19. The third-order valence-electron chi connectivity index (χ3n) is 2.78. The molecule has 110 valence electrons. The number of halogens is 1. The van der Waals surface area contributed by atoms with Crippen molar-refractivity contribution in [2.75, 3.05) is 11.9 Å². The number of nitrogens with one attached hydrogen (secondary N) is 1. The van der Waals surface area contributed by atoms with E-state index < -0.39 is 0 Å². The molecule has 2 aromatic carbocycles. The molecule has 1 amide bonds. The van der Waals surface area contributed by atoms with Crippen LogP contribution in [0.15, 0.2) is 48.5 Å². The highest BCUT2D eigenvalue weighted by Gasteiger charge is 2.08. The Morgan fingerprint density at radius 2 is 1.90 bits per heavy atom. The maximum atomic E-state index is 12.8. The normalized spacial score (nSPS) is 10.5. The Balaban J connectivity index is 2.05. The minimum atomic E-state index is -0.336. The van der Waals surface area contributed by atoms with Crippen LogP contribution in [0.5, 0.6) is 5.75 Å². The summed E-state index contributed by atoms with van der Waals surface area (Å²) in [5.41, 5.74) is 1.05. The number of rotatable bonds is 5. The number of benzene rings is 2. The molecular weight excluding hydrogens is 269 g/mol. The number of anilines is 1. The first-order valence-electron chi connectivity index (χ1n) is 6.84. The van der Waals surface area contributed by atoms with Gasteiger partial charge in [-0.2, -0.15) is 0 Å². The third kappa shape index (κ3) is 4.60. The van der Waals surface area contributed by atoms with Gasteiger partial charge in [-0.05, 0) is 48.4 Å². The first-order chi connectivity index (χ1) is 10.0. The Morgan fingerprint density at radius 3 is 2.57 bits per heavy atom. The van der Waals surface area contributed by atoms with E-state index in [1.165, 1.54) is 24.3 Å². The molecule has 0 aliphatic heterocycles. The summed E-state index contributed by atoms with van der Waals surface area (Å²) in [7, 11) is 0. The Morgan fingerprint density at radius 1 is 1.19 bits per heavy atom. The summed E-state index contributed by atoms with van der Waals surface area (Å²) in [4.78, 5) is 12.1. The molecule has 2 aromatic rings. The first kappa shape index (κ1) is 15.0. The van der Waals surface area contributed by atoms with Gasteiger partial charge in [0.25, 0.3) is 5.91 Å². The van der Waals surface area contributed by atoms with Crippen molar-refractivity contribution in [3.63, 3.8) is 0 Å². The minimum Gasteiger partial charge on any atom is -0.493 e. The van der Waals surface area contributed by atoms with Crippen molar-refractivity contribution in [1.82, 2.24) is 0 Å². The minimum absolute atomic E-state index is 0.253. The highest BCUT2D eigenvalue weighted by molar-refractivity contribution is 6.04. The van der Waals surface area contributed by atoms with Crippen LogP contribution in [0, 0.1) is 11.7 Å². The predicted molar refractivity (Wildman–Crippen MR) is 81.1 cm³/mol. The lowest BCUT2D eigenvalue weighted by Gasteiger charge is -2.10. The zero-order valence-corrected chi connectivity index (χ0v) is 12.1. The van der Waals surface area contributed by atoms with E-state index >= 15 is 0 Å². The zero-order valence-electron chi connectivity index (χ0n) is 12.1. The smallest absolute Gasteiger partial charge is 0.255 e. The summed E-state index contributed by atoms with van der Waals surface area (Å²) >= 11 is 0. The van der Waals surface area contributed by atoms with E-state index in [1.807, 2.05) is 6.07 Å². The Hall–Kier alpha value is -2.36. The number of carbonyl (C=O) groups is 1. The van der Waals surface area contributed by atoms with Crippen molar-refractivity contribution in [2.24, 2.45) is 5.92 Å². The van der Waals surface area contributed by atoms with E-state index in [0.717, 1.165) is 0 Å². The number of hydrogen-bond donors (Lipinski definition) is 1. The van der Waals surface area contributed by atoms with E-state index in [9.17, 15) is 9.18 Å². The molecule has 0 unspecified atom stereocenters. The van der Waals surface area contributed by atoms with E-state index in [4.69, 9.17) is 4.74 Å². The fraction of sp³-hybridized carbons (Fsp3) is 0.235. The molecule has 0 aliphatic rings. The summed E-state index contributed by atoms with van der Waals surface area (Å²) in [6, 6.07) is 12.6. The van der Waals surface area contributed by atoms with Gasteiger partial charge >= 0.3 is 0 Å². The molecule has 21 heavy (non-hydrogen) atoms. The van der Waals surface area contributed by atoms with Gasteiger partial charge < -0.3 is 10.1 Å². The van der Waals surface area contributed by atoms with Gasteiger partial charge in [0.2, 0.25) is 0 Å². The molecule has 0 saturated heterocycles. The van der Waals surface area contributed by atoms with Crippen LogP contribution in [0.25, 0.3) is 0 Å². The molecule has 0 heterocycles. The lowest BCUT2D eigenvalue weighted by atomic mass is 10.2. The fourth-order valence-electron chi connectivity index (χ4n) is 1.73. The topological polar surface area (TPSA) is 38.3 Å². The van der Waals surface area contributed by atoms with Crippen molar-refractivity contribution in [2.45, 2.75) is 13.8 Å². The van der Waals surface area contributed by atoms with Gasteiger partial charge in [-0.15, -0.1) is 0 Å². The highest BCUT2D eigenvalue weighted by Crippen LogP contribution is 2.16. The molecule has 0 radical (unpaired) electrons. The maximum absolute atomic E-state index is 12.8. The fourth-order valence-corrected chi connectivity index (χ4v) is 1.73. The molecule has 0 spiro atoms. The standard InChI is InChI=1S/C17H18FNO2/c1-12(2)11-21-16-5-3-4-13(10-16)17(20)19-15-8-6-14(18)7-9-15/h3-10,12H,11H2,1-2H3,(H,19,20). The van der Waals surface area contributed by atoms with Crippen LogP contribution in [-0.2, 0) is 0 Å². The van der Waals surface area contributed by atoms with Crippen molar-refractivity contribution in [3.05, 3.63) is 59.9 Å². The molecule has 0 fully saturated rings. The van der Waals surface area contributed by atoms with E-state index in [2.05, 4.69) is 19.2 Å². The summed E-state index contributed by atoms with van der Waals surface area (Å²) < 4.78 is 18.4. The quantitative estimate of drug-likeness (QED) is 0.898. The van der Waals surface area contributed by atoms with Gasteiger partial charge in [0.15, 0.2) is 0 Å². The van der Waals surface area contributed by atoms with Crippen LogP contribution in [0.1, 0.15) is 24.2 Å². The maximum Gasteiger partial charge on any atom is 0.255 e. The second-order valence-corrected chi connectivity index (χ2v) is 5.19. The van der Waals surface area contributed by atoms with Gasteiger partial charge in [-0.25, -0.2) is 4.39 Å². The molecular formula is C17H18FNO2. The molecule has 0 atom stereocenters. The van der Waals surface area contributed by atoms with Gasteiger partial charge in [0, 0.05) is 11.3 Å². The molecule has 2 rings (SSSR count). The second kappa shape index (κ2) is 6.88. The summed E-state index contributed by atoms with van der Waals surface area (Å²) in [6.07, 6.45) is 0. The number of hydrogen-bond acceptors (Lipinski definition) is 2. The Kier molecular flexibility index (Phi) is 4.93. The van der Waals surface area contributed by atoms with Gasteiger partial charge in [-0.1, -0.05) is 19.9 Å². The Bertz CT molecular complexity index is 608. The molecule has 0 aliphatic carbocycles. The van der Waals surface area contributed by atoms with Crippen LogP contribution in [-0.4, -0.2) is 12.5 Å². The molecule has 0 bridgehead atoms. The SMILES string of the molecule is CC(C)COc1cccc(C(=O)Nc2ccc(F)cc2)c1. The average Bonchev–Trinajstić information content (AvgIpc) is 2.48. The van der Waals surface area contributed by atoms with Crippen LogP contribution < -0.4 is 10.1 Å². The van der Waals surface area contributed by atoms with E-state index in [-0.39, 0.29) is 11.7 Å². The summed E-state index contributed by atoms with van der Waals surface area (Å²) in [5.74, 6) is 0.492. The van der Waals surface area contributed by atoms with Crippen LogP contribution in [0.3, 0.4) is 0 Å². The number of carbonyl (C=O) groups excluding carboxylic acids is 1. The van der Waals surface area contributed by atoms with Crippen molar-refractivity contribution < 1.29 is 13.9 Å². The van der Waals surface area contributed by atoms with Crippen molar-refractivity contribution >= 4 is 11.6 Å². The van der Waals surface area contributed by atoms with E-state index in [1.54, 1.807) is 18.2 Å². The lowest BCUT2D eigenvalue weighted by molar-refractivity contribution is 0.102. The Labute approximate surface area is 123 Å². The summed E-state index contributed by atoms with van der Waals surface area (Å²) in [5, 5.41) is 2.72. The first-order valence-corrected chi connectivity index (χ1v) is 6.84. The number of amides is 1. The lowest BCUT2D eigenvalue weighted by Crippen LogP contribution is -2.12. The van der Waals surface area contributed by atoms with Crippen LogP contribution in [0.2, 0.25) is 0 Å². The molecule has 1 N–H and O–H groups in total. The highest BCUT2D eigenvalue weighted by atomic mass is 19.1. The summed E-state index contributed by atoms with van der Waals surface area (Å²) in [6.45, 7) is 4.72. The predicted octanol–water partition coefficient (Wildman–Crippen LogP) is 4.11. The average molecular weight is 287 g/mol. The number of ether oxygens (including phenoxy) is 1. The van der Waals surface area contributed by atoms with Crippen LogP contribution >= 0.6 is 0 Å². The molecule has 4 heteroatoms. The van der Waals surface area contributed by atoms with Gasteiger partial charge in [0.05, 0.1) is 6.61 Å². The zero-order chi connectivity index (χ0) is 15.2. The van der Waals surface area contributed by atoms with Gasteiger partial charge in [0.1, 0.15) is 11.6 Å². The van der Waals surface area contributed by atoms with Crippen molar-refractivity contribution in [3.8, 4) is 5.75 Å². The molecule has 0 aromatic heterocycles. The largest absolute Gasteiger partial charge is 0.493 e. The molecule has 3 nitrogen and oxygen atoms in total. The van der Waals surface area contributed by atoms with Crippen LogP contribution in [0.4, 0.5) is 10.1 Å². The molecule has 0 saturated carbocycles. The van der Waals surface area contributed by atoms with Crippen molar-refractivity contribution in [1.29, 1.82) is 0 Å². The van der Waals surface area contributed by atoms with Gasteiger partial charge in [-0.3, -0.25) is 4.79 Å².